The van der Waals surface area contributed by atoms with Crippen LogP contribution in [-0.4, -0.2) is 45.2 Å². The zero-order chi connectivity index (χ0) is 29.6. The summed E-state index contributed by atoms with van der Waals surface area (Å²) in [5.74, 6) is -0.576. The van der Waals surface area contributed by atoms with Gasteiger partial charge in [0.2, 0.25) is 5.13 Å². The van der Waals surface area contributed by atoms with Crippen LogP contribution in [-0.2, 0) is 15.3 Å². The van der Waals surface area contributed by atoms with Crippen molar-refractivity contribution in [3.05, 3.63) is 107 Å². The number of hydrogen-bond donors (Lipinski definition) is 1. The highest BCUT2D eigenvalue weighted by molar-refractivity contribution is 8.00. The van der Waals surface area contributed by atoms with Gasteiger partial charge in [0.25, 0.3) is 5.78 Å². The molecule has 1 unspecified atom stereocenters. The normalized spacial score (nSPS) is 16.0. The van der Waals surface area contributed by atoms with Gasteiger partial charge in [0.15, 0.2) is 15.8 Å². The zero-order valence-electron chi connectivity index (χ0n) is 22.4. The predicted molar refractivity (Wildman–Crippen MR) is 163 cm³/mol. The van der Waals surface area contributed by atoms with Crippen LogP contribution < -0.4 is 14.4 Å². The molecule has 2 aromatic heterocycles. The summed E-state index contributed by atoms with van der Waals surface area (Å²) in [7, 11) is 0. The molecule has 9 nitrogen and oxygen atoms in total. The van der Waals surface area contributed by atoms with Gasteiger partial charge >= 0.3 is 5.91 Å². The third kappa shape index (κ3) is 6.03. The van der Waals surface area contributed by atoms with E-state index in [-0.39, 0.29) is 23.1 Å². The van der Waals surface area contributed by atoms with Gasteiger partial charge in [0, 0.05) is 28.7 Å². The summed E-state index contributed by atoms with van der Waals surface area (Å²) in [5.41, 5.74) is 1.70. The van der Waals surface area contributed by atoms with Crippen LogP contribution in [0, 0.1) is 0 Å². The molecular weight excluding hydrogens is 596 g/mol. The molecule has 1 fully saturated rings. The monoisotopic (exact) mass is 620 g/mol. The Bertz CT molecular complexity index is 1660. The molecule has 0 bridgehead atoms. The van der Waals surface area contributed by atoms with Gasteiger partial charge in [-0.25, -0.2) is 0 Å². The lowest BCUT2D eigenvalue weighted by Crippen LogP contribution is -2.29. The summed E-state index contributed by atoms with van der Waals surface area (Å²) in [6.07, 6.45) is 4.60. The standard InChI is InChI=1S/C30H25ClN4O5S2/c1-3-15-40-22-10-9-19(16-23(22)39-4-2)25-24(26(36)18-11-13-32-14-12-18)27(37)28(38)35(25)29-33-34-30(42-29)41-17-20-7-5-6-8-21(20)31/h3,5-14,16,25,36H,1,4,15,17H2,2H3. The number of anilines is 1. The first kappa shape index (κ1) is 29.3. The van der Waals surface area contributed by atoms with Gasteiger partial charge in [0.05, 0.1) is 18.2 Å². The van der Waals surface area contributed by atoms with Crippen LogP contribution in [0.5, 0.6) is 11.5 Å². The molecule has 1 aliphatic rings. The number of ketones is 1. The van der Waals surface area contributed by atoms with Crippen LogP contribution in [0.2, 0.25) is 5.02 Å². The van der Waals surface area contributed by atoms with Gasteiger partial charge in [-0.05, 0) is 48.4 Å². The van der Waals surface area contributed by atoms with E-state index in [1.807, 2.05) is 31.2 Å². The number of aliphatic hydroxyl groups is 1. The van der Waals surface area contributed by atoms with Gasteiger partial charge in [-0.15, -0.1) is 10.2 Å². The first-order valence-electron chi connectivity index (χ1n) is 12.8. The third-order valence-corrected chi connectivity index (χ3v) is 8.72. The number of aromatic nitrogens is 3. The number of ether oxygens (including phenoxy) is 2. The van der Waals surface area contributed by atoms with E-state index in [0.29, 0.717) is 44.3 Å². The summed E-state index contributed by atoms with van der Waals surface area (Å²) < 4.78 is 12.1. The SMILES string of the molecule is C=CCOc1ccc(C2C(=C(O)c3ccncc3)C(=O)C(=O)N2c2nnc(SCc3ccccc3Cl)s2)cc1OCC. The van der Waals surface area contributed by atoms with Crippen LogP contribution in [0.15, 0.2) is 89.6 Å². The third-order valence-electron chi connectivity index (χ3n) is 6.25. The number of Topliss-reactive ketones (excluding diaryl/α,β-unsaturated/α-hetero) is 1. The predicted octanol–water partition coefficient (Wildman–Crippen LogP) is 6.47. The topological polar surface area (TPSA) is 115 Å². The van der Waals surface area contributed by atoms with E-state index < -0.39 is 17.7 Å². The minimum Gasteiger partial charge on any atom is -0.507 e. The van der Waals surface area contributed by atoms with Crippen LogP contribution in [0.3, 0.4) is 0 Å². The Morgan fingerprint density at radius 3 is 2.64 bits per heavy atom. The van der Waals surface area contributed by atoms with Crippen molar-refractivity contribution in [3.63, 3.8) is 0 Å². The number of rotatable bonds is 11. The van der Waals surface area contributed by atoms with Crippen molar-refractivity contribution in [2.75, 3.05) is 18.1 Å². The van der Waals surface area contributed by atoms with Gasteiger partial charge in [0.1, 0.15) is 12.4 Å². The number of carbonyl (C=O) groups is 2. The number of benzene rings is 2. The van der Waals surface area contributed by atoms with Crippen molar-refractivity contribution in [3.8, 4) is 11.5 Å². The van der Waals surface area contributed by atoms with Crippen molar-refractivity contribution in [2.45, 2.75) is 23.1 Å². The minimum atomic E-state index is -1.01. The number of nitrogens with zero attached hydrogens (tertiary/aromatic N) is 4. The average Bonchev–Trinajstić information content (AvgIpc) is 3.58. The van der Waals surface area contributed by atoms with Gasteiger partial charge in [-0.1, -0.05) is 71.6 Å². The van der Waals surface area contributed by atoms with Crippen LogP contribution in [0.4, 0.5) is 5.13 Å². The maximum atomic E-state index is 13.6. The Morgan fingerprint density at radius 2 is 1.90 bits per heavy atom. The number of halogens is 1. The van der Waals surface area contributed by atoms with Crippen molar-refractivity contribution in [2.24, 2.45) is 0 Å². The second-order valence-corrected chi connectivity index (χ2v) is 11.5. The summed E-state index contributed by atoms with van der Waals surface area (Å²) in [6.45, 7) is 6.13. The molecule has 3 heterocycles. The Balaban J connectivity index is 1.58. The van der Waals surface area contributed by atoms with E-state index in [2.05, 4.69) is 21.8 Å². The molecule has 0 aliphatic carbocycles. The quantitative estimate of drug-likeness (QED) is 0.0503. The van der Waals surface area contributed by atoms with Crippen LogP contribution in [0.1, 0.15) is 29.7 Å². The molecular formula is C30H25ClN4O5S2. The maximum Gasteiger partial charge on any atom is 0.301 e. The summed E-state index contributed by atoms with van der Waals surface area (Å²) >= 11 is 8.88. The Hall–Kier alpha value is -4.19. The molecule has 0 spiro atoms. The van der Waals surface area contributed by atoms with Crippen molar-refractivity contribution < 1.29 is 24.2 Å². The Labute approximate surface area is 255 Å². The molecule has 214 valence electrons. The fraction of sp³-hybridized carbons (Fsp3) is 0.167. The van der Waals surface area contributed by atoms with Crippen molar-refractivity contribution in [1.82, 2.24) is 15.2 Å². The lowest BCUT2D eigenvalue weighted by molar-refractivity contribution is -0.132. The number of aliphatic hydroxyl groups excluding tert-OH is 1. The molecule has 42 heavy (non-hydrogen) atoms. The van der Waals surface area contributed by atoms with Crippen LogP contribution >= 0.6 is 34.7 Å². The molecule has 5 rings (SSSR count). The second kappa shape index (κ2) is 13.2. The summed E-state index contributed by atoms with van der Waals surface area (Å²) in [5, 5.41) is 20.7. The molecule has 0 radical (unpaired) electrons. The largest absolute Gasteiger partial charge is 0.507 e. The molecule has 0 saturated carbocycles. The lowest BCUT2D eigenvalue weighted by Gasteiger charge is -2.23. The molecule has 2 aromatic carbocycles. The summed E-state index contributed by atoms with van der Waals surface area (Å²) in [6, 6.07) is 14.7. The zero-order valence-corrected chi connectivity index (χ0v) is 24.8. The van der Waals surface area contributed by atoms with Gasteiger partial charge < -0.3 is 14.6 Å². The molecule has 1 N–H and O–H groups in total. The number of amides is 1. The molecule has 1 aliphatic heterocycles. The van der Waals surface area contributed by atoms with E-state index in [1.165, 1.54) is 40.4 Å². The summed E-state index contributed by atoms with van der Waals surface area (Å²) in [4.78, 5) is 32.3. The number of carbonyl (C=O) groups excluding carboxylic acids is 2. The van der Waals surface area contributed by atoms with E-state index >= 15 is 0 Å². The second-order valence-electron chi connectivity index (χ2n) is 8.87. The fourth-order valence-corrected chi connectivity index (χ4v) is 6.51. The highest BCUT2D eigenvalue weighted by Gasteiger charge is 2.48. The number of hydrogen-bond acceptors (Lipinski definition) is 10. The van der Waals surface area contributed by atoms with E-state index in [1.54, 1.807) is 36.4 Å². The van der Waals surface area contributed by atoms with Crippen LogP contribution in [0.25, 0.3) is 5.76 Å². The highest BCUT2D eigenvalue weighted by atomic mass is 35.5. The first-order valence-corrected chi connectivity index (χ1v) is 15.0. The number of pyridine rings is 1. The Morgan fingerprint density at radius 1 is 1.12 bits per heavy atom. The first-order chi connectivity index (χ1) is 20.4. The molecule has 1 saturated heterocycles. The molecule has 1 atom stereocenters. The lowest BCUT2D eigenvalue weighted by atomic mass is 9.95. The van der Waals surface area contributed by atoms with Gasteiger partial charge in [-0.3, -0.25) is 19.5 Å². The maximum absolute atomic E-state index is 13.6. The molecule has 12 heteroatoms. The van der Waals surface area contributed by atoms with Crippen molar-refractivity contribution in [1.29, 1.82) is 0 Å². The fourth-order valence-electron chi connectivity index (χ4n) is 4.35. The number of thioether (sulfide) groups is 1. The van der Waals surface area contributed by atoms with E-state index in [4.69, 9.17) is 21.1 Å². The minimum absolute atomic E-state index is 0.0890. The van der Waals surface area contributed by atoms with Crippen molar-refractivity contribution >= 4 is 57.3 Å². The smallest absolute Gasteiger partial charge is 0.301 e. The highest BCUT2D eigenvalue weighted by Crippen LogP contribution is 2.45. The van der Waals surface area contributed by atoms with E-state index in [9.17, 15) is 14.7 Å². The van der Waals surface area contributed by atoms with E-state index in [0.717, 1.165) is 5.56 Å². The molecule has 1 amide bonds. The van der Waals surface area contributed by atoms with Gasteiger partial charge in [-0.2, -0.15) is 0 Å². The average molecular weight is 621 g/mol. The Kier molecular flexibility index (Phi) is 9.21. The molecule has 4 aromatic rings.